The maximum atomic E-state index is 12.7. The maximum absolute atomic E-state index is 12.7. The van der Waals surface area contributed by atoms with Crippen molar-refractivity contribution in [3.05, 3.63) is 94.0 Å². The van der Waals surface area contributed by atoms with Crippen LogP contribution in [-0.2, 0) is 17.7 Å². The standard InChI is InChI=1S/C26H25ClN2O3/c1-2-32-26(31)22-16-21(13-14-23(22)27)28-25(30)20-11-9-18(10-12-20)17-29-15-5-7-19-6-3-4-8-24(19)29/h3-4,6,8-14,16H,2,5,7,15,17H2,1H3,(H,28,30). The topological polar surface area (TPSA) is 58.6 Å². The fourth-order valence-corrected chi connectivity index (χ4v) is 4.12. The molecule has 0 aromatic heterocycles. The number of nitrogens with zero attached hydrogens (tertiary/aromatic N) is 1. The van der Waals surface area contributed by atoms with Crippen LogP contribution >= 0.6 is 11.6 Å². The lowest BCUT2D eigenvalue weighted by molar-refractivity contribution is 0.0526. The van der Waals surface area contributed by atoms with Gasteiger partial charge in [-0.3, -0.25) is 4.79 Å². The third-order valence-corrected chi connectivity index (χ3v) is 5.85. The van der Waals surface area contributed by atoms with Crippen molar-refractivity contribution in [1.82, 2.24) is 0 Å². The van der Waals surface area contributed by atoms with E-state index < -0.39 is 5.97 Å². The Morgan fingerprint density at radius 1 is 1.06 bits per heavy atom. The van der Waals surface area contributed by atoms with E-state index in [0.717, 1.165) is 31.5 Å². The number of aryl methyl sites for hydroxylation is 1. The van der Waals surface area contributed by atoms with Gasteiger partial charge in [0.15, 0.2) is 0 Å². The molecule has 32 heavy (non-hydrogen) atoms. The molecule has 0 saturated carbocycles. The molecule has 164 valence electrons. The van der Waals surface area contributed by atoms with Gasteiger partial charge in [0.2, 0.25) is 0 Å². The number of carbonyl (C=O) groups excluding carboxylic acids is 2. The Morgan fingerprint density at radius 2 is 1.84 bits per heavy atom. The van der Waals surface area contributed by atoms with Crippen molar-refractivity contribution in [2.75, 3.05) is 23.4 Å². The molecule has 1 N–H and O–H groups in total. The van der Waals surface area contributed by atoms with Crippen molar-refractivity contribution in [2.24, 2.45) is 0 Å². The van der Waals surface area contributed by atoms with Crippen LogP contribution in [-0.4, -0.2) is 25.0 Å². The third kappa shape index (κ3) is 4.94. The molecule has 0 atom stereocenters. The van der Waals surface area contributed by atoms with Gasteiger partial charge in [-0.15, -0.1) is 0 Å². The van der Waals surface area contributed by atoms with Gasteiger partial charge in [0.25, 0.3) is 5.91 Å². The molecule has 6 heteroatoms. The highest BCUT2D eigenvalue weighted by molar-refractivity contribution is 6.33. The summed E-state index contributed by atoms with van der Waals surface area (Å²) in [4.78, 5) is 27.1. The second-order valence-electron chi connectivity index (χ2n) is 7.72. The Balaban J connectivity index is 1.43. The lowest BCUT2D eigenvalue weighted by Gasteiger charge is -2.31. The number of ether oxygens (including phenoxy) is 1. The molecule has 1 amide bonds. The molecule has 4 rings (SSSR count). The predicted octanol–water partition coefficient (Wildman–Crippen LogP) is 5.72. The summed E-state index contributed by atoms with van der Waals surface area (Å²) in [5.41, 5.74) is 5.08. The molecule has 5 nitrogen and oxygen atoms in total. The molecule has 1 aliphatic heterocycles. The highest BCUT2D eigenvalue weighted by atomic mass is 35.5. The number of fused-ring (bicyclic) bond motifs is 1. The summed E-state index contributed by atoms with van der Waals surface area (Å²) in [6.07, 6.45) is 2.26. The summed E-state index contributed by atoms with van der Waals surface area (Å²) in [6, 6.07) is 20.9. The summed E-state index contributed by atoms with van der Waals surface area (Å²) < 4.78 is 5.01. The summed E-state index contributed by atoms with van der Waals surface area (Å²) >= 11 is 6.09. The van der Waals surface area contributed by atoms with Crippen LogP contribution in [0, 0.1) is 0 Å². The average Bonchev–Trinajstić information content (AvgIpc) is 2.81. The van der Waals surface area contributed by atoms with Crippen molar-refractivity contribution in [3.8, 4) is 0 Å². The van der Waals surface area contributed by atoms with Crippen LogP contribution in [0.1, 0.15) is 45.2 Å². The SMILES string of the molecule is CCOC(=O)c1cc(NC(=O)c2ccc(CN3CCCc4ccccc43)cc2)ccc1Cl. The molecule has 3 aromatic rings. The number of rotatable bonds is 6. The van der Waals surface area contributed by atoms with Gasteiger partial charge < -0.3 is 15.0 Å². The summed E-state index contributed by atoms with van der Waals surface area (Å²) in [5, 5.41) is 3.10. The number of halogens is 1. The number of esters is 1. The van der Waals surface area contributed by atoms with Crippen molar-refractivity contribution in [1.29, 1.82) is 0 Å². The number of nitrogens with one attached hydrogen (secondary N) is 1. The quantitative estimate of drug-likeness (QED) is 0.490. The first-order valence-electron chi connectivity index (χ1n) is 10.7. The van der Waals surface area contributed by atoms with E-state index in [-0.39, 0.29) is 23.1 Å². The van der Waals surface area contributed by atoms with E-state index in [2.05, 4.69) is 34.5 Å². The Labute approximate surface area is 193 Å². The van der Waals surface area contributed by atoms with E-state index >= 15 is 0 Å². The van der Waals surface area contributed by atoms with Crippen LogP contribution in [0.4, 0.5) is 11.4 Å². The Morgan fingerprint density at radius 3 is 2.62 bits per heavy atom. The summed E-state index contributed by atoms with van der Waals surface area (Å²) in [7, 11) is 0. The minimum Gasteiger partial charge on any atom is -0.462 e. The molecule has 0 bridgehead atoms. The molecule has 0 spiro atoms. The molecule has 0 fully saturated rings. The van der Waals surface area contributed by atoms with Gasteiger partial charge >= 0.3 is 5.97 Å². The molecule has 3 aromatic carbocycles. The van der Waals surface area contributed by atoms with E-state index in [4.69, 9.17) is 16.3 Å². The molecule has 0 unspecified atom stereocenters. The van der Waals surface area contributed by atoms with Crippen molar-refractivity contribution in [3.63, 3.8) is 0 Å². The lowest BCUT2D eigenvalue weighted by Crippen LogP contribution is -2.28. The highest BCUT2D eigenvalue weighted by Gasteiger charge is 2.17. The maximum Gasteiger partial charge on any atom is 0.339 e. The van der Waals surface area contributed by atoms with Gasteiger partial charge in [-0.05, 0) is 67.3 Å². The summed E-state index contributed by atoms with van der Waals surface area (Å²) in [6.45, 7) is 3.81. The van der Waals surface area contributed by atoms with Crippen LogP contribution < -0.4 is 10.2 Å². The molecule has 0 radical (unpaired) electrons. The number of benzene rings is 3. The van der Waals surface area contributed by atoms with Gasteiger partial charge in [-0.2, -0.15) is 0 Å². The van der Waals surface area contributed by atoms with E-state index in [1.165, 1.54) is 17.3 Å². The lowest BCUT2D eigenvalue weighted by atomic mass is 10.0. The number of carbonyl (C=O) groups is 2. The largest absolute Gasteiger partial charge is 0.462 e. The van der Waals surface area contributed by atoms with Crippen molar-refractivity contribution in [2.45, 2.75) is 26.3 Å². The van der Waals surface area contributed by atoms with Gasteiger partial charge in [-0.1, -0.05) is 41.9 Å². The predicted molar refractivity (Wildman–Crippen MR) is 128 cm³/mol. The van der Waals surface area contributed by atoms with Gasteiger partial charge in [0.05, 0.1) is 17.2 Å². The molecule has 0 saturated heterocycles. The molecule has 0 aliphatic carbocycles. The van der Waals surface area contributed by atoms with E-state index in [9.17, 15) is 9.59 Å². The highest BCUT2D eigenvalue weighted by Crippen LogP contribution is 2.28. The van der Waals surface area contributed by atoms with Gasteiger partial charge in [0.1, 0.15) is 0 Å². The smallest absolute Gasteiger partial charge is 0.339 e. The minimum absolute atomic E-state index is 0.225. The van der Waals surface area contributed by atoms with Crippen LogP contribution in [0.3, 0.4) is 0 Å². The van der Waals surface area contributed by atoms with Crippen molar-refractivity contribution >= 4 is 34.9 Å². The molecule has 1 heterocycles. The number of hydrogen-bond donors (Lipinski definition) is 1. The van der Waals surface area contributed by atoms with E-state index in [0.29, 0.717) is 11.3 Å². The molecule has 1 aliphatic rings. The first-order chi connectivity index (χ1) is 15.5. The van der Waals surface area contributed by atoms with Crippen LogP contribution in [0.25, 0.3) is 0 Å². The first kappa shape index (κ1) is 21.9. The summed E-state index contributed by atoms with van der Waals surface area (Å²) in [5.74, 6) is -0.769. The number of anilines is 2. The second kappa shape index (κ2) is 9.88. The average molecular weight is 449 g/mol. The monoisotopic (exact) mass is 448 g/mol. The van der Waals surface area contributed by atoms with Crippen LogP contribution in [0.2, 0.25) is 5.02 Å². The Kier molecular flexibility index (Phi) is 6.76. The molecular weight excluding hydrogens is 424 g/mol. The zero-order chi connectivity index (χ0) is 22.5. The van der Waals surface area contributed by atoms with Crippen molar-refractivity contribution < 1.29 is 14.3 Å². The molecular formula is C26H25ClN2O3. The zero-order valence-corrected chi connectivity index (χ0v) is 18.7. The van der Waals surface area contributed by atoms with Gasteiger partial charge in [0, 0.05) is 30.0 Å². The van der Waals surface area contributed by atoms with Crippen LogP contribution in [0.5, 0.6) is 0 Å². The van der Waals surface area contributed by atoms with Gasteiger partial charge in [-0.25, -0.2) is 4.79 Å². The third-order valence-electron chi connectivity index (χ3n) is 5.52. The minimum atomic E-state index is -0.516. The Hall–Kier alpha value is -3.31. The fourth-order valence-electron chi connectivity index (χ4n) is 3.93. The van der Waals surface area contributed by atoms with E-state index in [1.807, 2.05) is 24.3 Å². The fraction of sp³-hybridized carbons (Fsp3) is 0.231. The first-order valence-corrected chi connectivity index (χ1v) is 11.1. The van der Waals surface area contributed by atoms with E-state index in [1.54, 1.807) is 19.1 Å². The number of hydrogen-bond acceptors (Lipinski definition) is 4. The zero-order valence-electron chi connectivity index (χ0n) is 17.9. The normalized spacial score (nSPS) is 12.8. The van der Waals surface area contributed by atoms with Crippen LogP contribution in [0.15, 0.2) is 66.7 Å². The number of amides is 1. The Bertz CT molecular complexity index is 1130. The number of para-hydroxylation sites is 1. The second-order valence-corrected chi connectivity index (χ2v) is 8.13.